The molecule has 5 nitrogen and oxygen atoms in total. The lowest BCUT2D eigenvalue weighted by atomic mass is 10.1. The second kappa shape index (κ2) is 5.17. The Labute approximate surface area is 118 Å². The highest BCUT2D eigenvalue weighted by molar-refractivity contribution is 7.89. The van der Waals surface area contributed by atoms with Crippen molar-refractivity contribution in [3.05, 3.63) is 24.0 Å². The van der Waals surface area contributed by atoms with E-state index in [4.69, 9.17) is 5.11 Å². The lowest BCUT2D eigenvalue weighted by molar-refractivity contribution is 0.333. The standard InChI is InChI=1S/C14H16N2O3S/c17-5-1-2-11-7-14(9-15-8-11)20(18,19)16-10-12-3-4-13(16)6-12/h7-9,12-13,17H,3-6,10H2. The number of piperidine rings is 1. The lowest BCUT2D eigenvalue weighted by Crippen LogP contribution is -2.37. The Kier molecular flexibility index (Phi) is 3.50. The molecule has 2 unspecified atom stereocenters. The van der Waals surface area contributed by atoms with Crippen molar-refractivity contribution in [2.24, 2.45) is 5.92 Å². The fraction of sp³-hybridized carbons (Fsp3) is 0.500. The summed E-state index contributed by atoms with van der Waals surface area (Å²) in [7, 11) is -3.48. The number of fused-ring (bicyclic) bond motifs is 2. The van der Waals surface area contributed by atoms with Crippen LogP contribution < -0.4 is 0 Å². The Morgan fingerprint density at radius 1 is 1.40 bits per heavy atom. The number of aromatic nitrogens is 1. The molecule has 106 valence electrons. The fourth-order valence-corrected chi connectivity index (χ4v) is 4.81. The van der Waals surface area contributed by atoms with Crippen LogP contribution in [0.2, 0.25) is 0 Å². The zero-order valence-electron chi connectivity index (χ0n) is 11.0. The van der Waals surface area contributed by atoms with Gasteiger partial charge in [0.1, 0.15) is 11.5 Å². The predicted molar refractivity (Wildman–Crippen MR) is 73.2 cm³/mol. The molecule has 3 rings (SSSR count). The topological polar surface area (TPSA) is 70.5 Å². The third-order valence-electron chi connectivity index (χ3n) is 3.99. The number of pyridine rings is 1. The minimum Gasteiger partial charge on any atom is -0.384 e. The van der Waals surface area contributed by atoms with Crippen LogP contribution in [0.1, 0.15) is 24.8 Å². The molecule has 1 aromatic rings. The van der Waals surface area contributed by atoms with Crippen LogP contribution in [0.4, 0.5) is 0 Å². The van der Waals surface area contributed by atoms with Crippen LogP contribution in [-0.2, 0) is 10.0 Å². The van der Waals surface area contributed by atoms with E-state index in [9.17, 15) is 8.42 Å². The molecule has 1 N–H and O–H groups in total. The largest absolute Gasteiger partial charge is 0.384 e. The first kappa shape index (κ1) is 13.6. The molecule has 2 atom stereocenters. The van der Waals surface area contributed by atoms with Gasteiger partial charge in [-0.3, -0.25) is 4.98 Å². The van der Waals surface area contributed by atoms with Gasteiger partial charge in [0.05, 0.1) is 0 Å². The smallest absolute Gasteiger partial charge is 0.244 e. The Morgan fingerprint density at radius 2 is 2.25 bits per heavy atom. The lowest BCUT2D eigenvalue weighted by Gasteiger charge is -2.25. The predicted octanol–water partition coefficient (Wildman–Crippen LogP) is 0.598. The number of hydrogen-bond donors (Lipinski definition) is 1. The molecule has 1 aromatic heterocycles. The Balaban J connectivity index is 1.91. The van der Waals surface area contributed by atoms with Crippen molar-refractivity contribution in [1.29, 1.82) is 0 Å². The molecule has 0 amide bonds. The molecule has 0 radical (unpaired) electrons. The second-order valence-electron chi connectivity index (χ2n) is 5.28. The van der Waals surface area contributed by atoms with E-state index in [0.717, 1.165) is 19.3 Å². The molecule has 1 aliphatic carbocycles. The van der Waals surface area contributed by atoms with Crippen LogP contribution in [-0.4, -0.2) is 42.0 Å². The van der Waals surface area contributed by atoms with E-state index >= 15 is 0 Å². The van der Waals surface area contributed by atoms with Gasteiger partial charge in [-0.15, -0.1) is 0 Å². The van der Waals surface area contributed by atoms with Crippen molar-refractivity contribution in [3.63, 3.8) is 0 Å². The number of aliphatic hydroxyl groups excluding tert-OH is 1. The summed E-state index contributed by atoms with van der Waals surface area (Å²) in [5.41, 5.74) is 0.504. The molecule has 2 aliphatic rings. The van der Waals surface area contributed by atoms with E-state index < -0.39 is 10.0 Å². The van der Waals surface area contributed by atoms with Gasteiger partial charge in [0.15, 0.2) is 0 Å². The number of aliphatic hydroxyl groups is 1. The maximum Gasteiger partial charge on any atom is 0.244 e. The van der Waals surface area contributed by atoms with E-state index in [0.29, 0.717) is 18.0 Å². The molecule has 0 spiro atoms. The summed E-state index contributed by atoms with van der Waals surface area (Å²) in [6.45, 7) is 0.367. The summed E-state index contributed by atoms with van der Waals surface area (Å²) in [6.07, 6.45) is 5.94. The van der Waals surface area contributed by atoms with Crippen molar-refractivity contribution in [2.45, 2.75) is 30.2 Å². The first-order valence-electron chi connectivity index (χ1n) is 6.68. The van der Waals surface area contributed by atoms with Gasteiger partial charge in [0.25, 0.3) is 0 Å². The van der Waals surface area contributed by atoms with Gasteiger partial charge in [0, 0.05) is 30.5 Å². The third-order valence-corrected chi connectivity index (χ3v) is 5.87. The molecule has 0 aromatic carbocycles. The summed E-state index contributed by atoms with van der Waals surface area (Å²) in [5, 5.41) is 8.68. The Hall–Kier alpha value is -1.42. The van der Waals surface area contributed by atoms with Crippen LogP contribution in [0.25, 0.3) is 0 Å². The Morgan fingerprint density at radius 3 is 2.90 bits per heavy atom. The van der Waals surface area contributed by atoms with E-state index in [1.807, 2.05) is 0 Å². The van der Waals surface area contributed by atoms with Gasteiger partial charge in [0.2, 0.25) is 10.0 Å². The molecule has 1 saturated heterocycles. The molecule has 20 heavy (non-hydrogen) atoms. The molecule has 2 fully saturated rings. The highest BCUT2D eigenvalue weighted by Gasteiger charge is 2.44. The first-order valence-corrected chi connectivity index (χ1v) is 8.12. The average molecular weight is 292 g/mol. The zero-order valence-corrected chi connectivity index (χ0v) is 11.8. The molecule has 2 heterocycles. The van der Waals surface area contributed by atoms with Crippen molar-refractivity contribution in [1.82, 2.24) is 9.29 Å². The van der Waals surface area contributed by atoms with Crippen LogP contribution >= 0.6 is 0 Å². The molecular formula is C14H16N2O3S. The maximum atomic E-state index is 12.6. The normalized spacial score (nSPS) is 25.4. The van der Waals surface area contributed by atoms with Gasteiger partial charge in [-0.25, -0.2) is 8.42 Å². The second-order valence-corrected chi connectivity index (χ2v) is 7.17. The SMILES string of the molecule is O=S(=O)(c1cncc(C#CCO)c1)N1CC2CCC1C2. The number of rotatable bonds is 2. The number of sulfonamides is 1. The van der Waals surface area contributed by atoms with E-state index in [-0.39, 0.29) is 17.5 Å². The number of nitrogens with zero attached hydrogens (tertiary/aromatic N) is 2. The first-order chi connectivity index (χ1) is 9.61. The van der Waals surface area contributed by atoms with Crippen LogP contribution in [0.3, 0.4) is 0 Å². The van der Waals surface area contributed by atoms with Crippen LogP contribution in [0.5, 0.6) is 0 Å². The van der Waals surface area contributed by atoms with Crippen LogP contribution in [0.15, 0.2) is 23.4 Å². The quantitative estimate of drug-likeness (QED) is 0.810. The third kappa shape index (κ3) is 2.33. The molecule has 1 saturated carbocycles. The molecule has 6 heteroatoms. The van der Waals surface area contributed by atoms with Gasteiger partial charge < -0.3 is 5.11 Å². The highest BCUT2D eigenvalue weighted by atomic mass is 32.2. The average Bonchev–Trinajstić information content (AvgIpc) is 3.08. The van der Waals surface area contributed by atoms with Crippen molar-refractivity contribution in [3.8, 4) is 11.8 Å². The summed E-state index contributed by atoms with van der Waals surface area (Å²) in [6, 6.07) is 1.67. The molecule has 1 aliphatic heterocycles. The maximum absolute atomic E-state index is 12.6. The highest BCUT2D eigenvalue weighted by Crippen LogP contribution is 2.40. The zero-order chi connectivity index (χ0) is 14.2. The van der Waals surface area contributed by atoms with E-state index in [1.165, 1.54) is 18.5 Å². The summed E-state index contributed by atoms with van der Waals surface area (Å²) >= 11 is 0. The van der Waals surface area contributed by atoms with Gasteiger partial charge in [-0.05, 0) is 31.2 Å². The van der Waals surface area contributed by atoms with Gasteiger partial charge in [-0.1, -0.05) is 11.8 Å². The minimum absolute atomic E-state index is 0.150. The van der Waals surface area contributed by atoms with Crippen molar-refractivity contribution < 1.29 is 13.5 Å². The van der Waals surface area contributed by atoms with Crippen molar-refractivity contribution >= 4 is 10.0 Å². The molecular weight excluding hydrogens is 276 g/mol. The summed E-state index contributed by atoms with van der Waals surface area (Å²) in [4.78, 5) is 4.14. The molecule has 2 bridgehead atoms. The fourth-order valence-electron chi connectivity index (χ4n) is 3.08. The minimum atomic E-state index is -3.48. The van der Waals surface area contributed by atoms with E-state index in [2.05, 4.69) is 16.8 Å². The Bertz CT molecular complexity index is 675. The van der Waals surface area contributed by atoms with Crippen LogP contribution in [0, 0.1) is 17.8 Å². The monoisotopic (exact) mass is 292 g/mol. The summed E-state index contributed by atoms with van der Waals surface area (Å²) in [5.74, 6) is 5.70. The van der Waals surface area contributed by atoms with Crippen molar-refractivity contribution in [2.75, 3.05) is 13.2 Å². The van der Waals surface area contributed by atoms with Gasteiger partial charge in [-0.2, -0.15) is 4.31 Å². The number of hydrogen-bond acceptors (Lipinski definition) is 4. The van der Waals surface area contributed by atoms with E-state index in [1.54, 1.807) is 4.31 Å². The summed E-state index contributed by atoms with van der Waals surface area (Å²) < 4.78 is 26.9. The van der Waals surface area contributed by atoms with Gasteiger partial charge >= 0.3 is 0 Å².